The van der Waals surface area contributed by atoms with E-state index in [-0.39, 0.29) is 5.71 Å². The Morgan fingerprint density at radius 3 is 2.38 bits per heavy atom. The summed E-state index contributed by atoms with van der Waals surface area (Å²) in [6, 6.07) is 25.0. The van der Waals surface area contributed by atoms with Crippen molar-refractivity contribution in [1.29, 1.82) is 5.26 Å². The lowest BCUT2D eigenvalue weighted by Gasteiger charge is -1.99. The van der Waals surface area contributed by atoms with Crippen molar-refractivity contribution >= 4 is 44.8 Å². The summed E-state index contributed by atoms with van der Waals surface area (Å²) in [6.45, 7) is 0. The first-order valence-electron chi connectivity index (χ1n) is 8.64. The second kappa shape index (κ2) is 9.01. The molecule has 0 spiro atoms. The zero-order valence-electron chi connectivity index (χ0n) is 15.1. The first kappa shape index (κ1) is 18.7. The van der Waals surface area contributed by atoms with Crippen molar-refractivity contribution in [2.75, 3.05) is 5.43 Å². The zero-order valence-corrected chi connectivity index (χ0v) is 16.7. The molecule has 0 aliphatic carbocycles. The molecule has 0 saturated heterocycles. The van der Waals surface area contributed by atoms with Gasteiger partial charge < -0.3 is 0 Å². The molecule has 0 saturated carbocycles. The largest absolute Gasteiger partial charge is 0.277 e. The van der Waals surface area contributed by atoms with Gasteiger partial charge in [-0.15, -0.1) is 21.6 Å². The SMILES string of the molecule is N#C/C(=N\Nc1ccccc1)c1nc(-c2cccs2)c(N=Nc2ccccc2)s1. The predicted molar refractivity (Wildman–Crippen MR) is 118 cm³/mol. The molecule has 0 bridgehead atoms. The number of azo groups is 1. The third-order valence-corrected chi connectivity index (χ3v) is 5.58. The monoisotopic (exact) mass is 414 g/mol. The van der Waals surface area contributed by atoms with Crippen LogP contribution >= 0.6 is 22.7 Å². The highest BCUT2D eigenvalue weighted by atomic mass is 32.1. The third-order valence-electron chi connectivity index (χ3n) is 3.76. The van der Waals surface area contributed by atoms with Crippen molar-refractivity contribution < 1.29 is 0 Å². The Balaban J connectivity index is 1.68. The van der Waals surface area contributed by atoms with Crippen molar-refractivity contribution in [3.8, 4) is 16.6 Å². The molecule has 2 aromatic heterocycles. The molecule has 1 N–H and O–H groups in total. The van der Waals surface area contributed by atoms with E-state index in [1.807, 2.05) is 78.2 Å². The third kappa shape index (κ3) is 4.60. The molecular weight excluding hydrogens is 400 g/mol. The van der Waals surface area contributed by atoms with Crippen molar-refractivity contribution in [2.45, 2.75) is 0 Å². The number of hydrogen-bond acceptors (Lipinski definition) is 8. The Labute approximate surface area is 175 Å². The van der Waals surface area contributed by atoms with Crippen LogP contribution in [-0.2, 0) is 0 Å². The van der Waals surface area contributed by atoms with Crippen LogP contribution in [0.5, 0.6) is 0 Å². The molecule has 29 heavy (non-hydrogen) atoms. The minimum atomic E-state index is 0.192. The van der Waals surface area contributed by atoms with E-state index in [1.165, 1.54) is 11.3 Å². The van der Waals surface area contributed by atoms with E-state index >= 15 is 0 Å². The summed E-state index contributed by atoms with van der Waals surface area (Å²) in [5, 5.41) is 25.6. The number of aromatic nitrogens is 1. The fraction of sp³-hybridized carbons (Fsp3) is 0. The maximum absolute atomic E-state index is 9.59. The highest BCUT2D eigenvalue weighted by Gasteiger charge is 2.18. The number of rotatable bonds is 6. The predicted octanol–water partition coefficient (Wildman–Crippen LogP) is 6.63. The summed E-state index contributed by atoms with van der Waals surface area (Å²) < 4.78 is 0. The quantitative estimate of drug-likeness (QED) is 0.218. The number of nitrogens with zero attached hydrogens (tertiary/aromatic N) is 5. The topological polar surface area (TPSA) is 85.8 Å². The summed E-state index contributed by atoms with van der Waals surface area (Å²) >= 11 is 2.85. The van der Waals surface area contributed by atoms with Crippen LogP contribution in [0.2, 0.25) is 0 Å². The van der Waals surface area contributed by atoms with E-state index < -0.39 is 0 Å². The van der Waals surface area contributed by atoms with Gasteiger partial charge in [-0.1, -0.05) is 53.8 Å². The summed E-state index contributed by atoms with van der Waals surface area (Å²) in [4.78, 5) is 5.59. The Morgan fingerprint density at radius 2 is 1.69 bits per heavy atom. The van der Waals surface area contributed by atoms with Gasteiger partial charge in [0.05, 0.1) is 16.3 Å². The molecule has 0 atom stereocenters. The Hall–Kier alpha value is -3.67. The highest BCUT2D eigenvalue weighted by molar-refractivity contribution is 7.19. The first-order chi connectivity index (χ1) is 14.3. The van der Waals surface area contributed by atoms with Gasteiger partial charge in [-0.25, -0.2) is 4.98 Å². The summed E-state index contributed by atoms with van der Waals surface area (Å²) in [5.41, 5.74) is 5.33. The van der Waals surface area contributed by atoms with E-state index in [2.05, 4.69) is 31.8 Å². The van der Waals surface area contributed by atoms with Crippen LogP contribution in [0.3, 0.4) is 0 Å². The highest BCUT2D eigenvalue weighted by Crippen LogP contribution is 2.38. The molecule has 8 heteroatoms. The van der Waals surface area contributed by atoms with Gasteiger partial charge in [0.15, 0.2) is 15.7 Å². The summed E-state index contributed by atoms with van der Waals surface area (Å²) in [7, 11) is 0. The number of hydrazone groups is 1. The molecule has 0 fully saturated rings. The van der Waals surface area contributed by atoms with Gasteiger partial charge >= 0.3 is 0 Å². The smallest absolute Gasteiger partial charge is 0.196 e. The molecule has 4 aromatic rings. The molecule has 4 rings (SSSR count). The summed E-state index contributed by atoms with van der Waals surface area (Å²) in [5.74, 6) is 0. The van der Waals surface area contributed by atoms with Gasteiger partial charge in [0.2, 0.25) is 0 Å². The lowest BCUT2D eigenvalue weighted by atomic mass is 10.3. The van der Waals surface area contributed by atoms with Crippen LogP contribution in [0, 0.1) is 11.3 Å². The maximum Gasteiger partial charge on any atom is 0.196 e. The van der Waals surface area contributed by atoms with Gasteiger partial charge in [-0.05, 0) is 35.7 Å². The fourth-order valence-electron chi connectivity index (χ4n) is 2.41. The Morgan fingerprint density at radius 1 is 0.931 bits per heavy atom. The second-order valence-corrected chi connectivity index (χ2v) is 7.66. The molecule has 0 amide bonds. The number of benzene rings is 2. The summed E-state index contributed by atoms with van der Waals surface area (Å²) in [6.07, 6.45) is 0. The minimum Gasteiger partial charge on any atom is -0.277 e. The average molecular weight is 415 g/mol. The van der Waals surface area contributed by atoms with Crippen LogP contribution in [-0.4, -0.2) is 10.7 Å². The molecule has 2 heterocycles. The molecule has 2 aromatic carbocycles. The number of nitriles is 1. The standard InChI is InChI=1S/C21H14N6S2/c22-14-17(26-24-15-8-3-1-4-9-15)20-23-19(18-12-7-13-28-18)21(29-20)27-25-16-10-5-2-6-11-16/h1-13,24H/b26-17+,27-25?. The van der Waals surface area contributed by atoms with Crippen molar-refractivity contribution in [3.05, 3.63) is 83.2 Å². The van der Waals surface area contributed by atoms with E-state index in [4.69, 9.17) is 0 Å². The van der Waals surface area contributed by atoms with Crippen LogP contribution < -0.4 is 5.43 Å². The number of nitrogens with one attached hydrogen (secondary N) is 1. The van der Waals surface area contributed by atoms with Gasteiger partial charge in [0, 0.05) is 0 Å². The van der Waals surface area contributed by atoms with E-state index in [0.29, 0.717) is 15.7 Å². The Bertz CT molecular complexity index is 1170. The molecule has 0 aliphatic heterocycles. The van der Waals surface area contributed by atoms with E-state index in [1.54, 1.807) is 11.3 Å². The number of hydrogen-bond donors (Lipinski definition) is 1. The number of anilines is 1. The van der Waals surface area contributed by atoms with Gasteiger partial charge in [0.1, 0.15) is 11.8 Å². The van der Waals surface area contributed by atoms with Crippen LogP contribution in [0.15, 0.2) is 93.5 Å². The lowest BCUT2D eigenvalue weighted by Crippen LogP contribution is -2.01. The zero-order chi connectivity index (χ0) is 19.9. The molecular formula is C21H14N6S2. The van der Waals surface area contributed by atoms with Crippen molar-refractivity contribution in [3.63, 3.8) is 0 Å². The van der Waals surface area contributed by atoms with Crippen molar-refractivity contribution in [1.82, 2.24) is 4.98 Å². The normalized spacial score (nSPS) is 11.5. The van der Waals surface area contributed by atoms with Crippen LogP contribution in [0.25, 0.3) is 10.6 Å². The van der Waals surface area contributed by atoms with E-state index in [0.717, 1.165) is 16.3 Å². The Kier molecular flexibility index (Phi) is 5.81. The molecule has 0 radical (unpaired) electrons. The molecule has 6 nitrogen and oxygen atoms in total. The minimum absolute atomic E-state index is 0.192. The van der Waals surface area contributed by atoms with E-state index in [9.17, 15) is 5.26 Å². The van der Waals surface area contributed by atoms with Gasteiger partial charge in [0.25, 0.3) is 0 Å². The maximum atomic E-state index is 9.59. The molecule has 0 aliphatic rings. The van der Waals surface area contributed by atoms with Crippen LogP contribution in [0.1, 0.15) is 5.01 Å². The number of thiazole rings is 1. The number of thiophene rings is 1. The van der Waals surface area contributed by atoms with Gasteiger partial charge in [-0.3, -0.25) is 5.43 Å². The average Bonchev–Trinajstić information content (AvgIpc) is 3.44. The lowest BCUT2D eigenvalue weighted by molar-refractivity contribution is 1.24. The second-order valence-electron chi connectivity index (χ2n) is 5.74. The van der Waals surface area contributed by atoms with Crippen molar-refractivity contribution in [2.24, 2.45) is 15.3 Å². The molecule has 0 unspecified atom stereocenters. The molecule has 140 valence electrons. The number of para-hydroxylation sites is 1. The van der Waals surface area contributed by atoms with Crippen LogP contribution in [0.4, 0.5) is 16.4 Å². The fourth-order valence-corrected chi connectivity index (χ4v) is 4.03. The van der Waals surface area contributed by atoms with Gasteiger partial charge in [-0.2, -0.15) is 10.4 Å². The first-order valence-corrected chi connectivity index (χ1v) is 10.3.